The van der Waals surface area contributed by atoms with Crippen LogP contribution in [0.4, 0.5) is 0 Å². The molecule has 4 heteroatoms. The van der Waals surface area contributed by atoms with E-state index in [-0.39, 0.29) is 12.1 Å². The first kappa shape index (κ1) is 21.5. The quantitative estimate of drug-likeness (QED) is 0.425. The van der Waals surface area contributed by atoms with Crippen LogP contribution in [0.1, 0.15) is 90.4 Å². The molecule has 0 aromatic heterocycles. The van der Waals surface area contributed by atoms with Crippen molar-refractivity contribution in [1.82, 2.24) is 10.2 Å². The van der Waals surface area contributed by atoms with Crippen LogP contribution in [0.5, 0.6) is 0 Å². The molecule has 5 fully saturated rings. The second-order valence-corrected chi connectivity index (χ2v) is 13.9. The molecule has 0 aromatic carbocycles. The number of hydrogen-bond acceptors (Lipinski definition) is 2. The Morgan fingerprint density at radius 1 is 1.00 bits per heavy atom. The number of nitrogens with zero attached hydrogens (tertiary/aromatic N) is 1. The van der Waals surface area contributed by atoms with Crippen molar-refractivity contribution < 1.29 is 4.79 Å². The summed E-state index contributed by atoms with van der Waals surface area (Å²) in [6.07, 6.45) is 20.6. The van der Waals surface area contributed by atoms with Crippen LogP contribution in [0, 0.1) is 23.7 Å². The summed E-state index contributed by atoms with van der Waals surface area (Å²) in [4.78, 5) is 16.4. The van der Waals surface area contributed by atoms with Crippen LogP contribution in [-0.2, 0) is 4.79 Å². The predicted molar refractivity (Wildman–Crippen MR) is 124 cm³/mol. The molecule has 5 aliphatic rings. The zero-order chi connectivity index (χ0) is 20.5. The Labute approximate surface area is 190 Å². The average molecular weight is 478 g/mol. The number of nitrogens with one attached hydrogen (secondary N) is 1. The molecule has 3 nitrogen and oxygen atoms in total. The normalized spacial score (nSPS) is 43.8. The van der Waals surface area contributed by atoms with E-state index in [9.17, 15) is 4.79 Å². The summed E-state index contributed by atoms with van der Waals surface area (Å²) in [5, 5.41) is 4.96. The maximum absolute atomic E-state index is 12.7. The van der Waals surface area contributed by atoms with Crippen molar-refractivity contribution in [2.24, 2.45) is 23.7 Å². The first-order valence-electron chi connectivity index (χ1n) is 13.1. The Morgan fingerprint density at radius 3 is 2.57 bits per heavy atom. The van der Waals surface area contributed by atoms with Crippen LogP contribution in [0.2, 0.25) is 10.1 Å². The van der Waals surface area contributed by atoms with Crippen molar-refractivity contribution >= 4 is 20.9 Å². The molecule has 1 amide bonds. The van der Waals surface area contributed by atoms with Gasteiger partial charge in [-0.1, -0.05) is 0 Å². The molecule has 30 heavy (non-hydrogen) atoms. The molecule has 2 heterocycles. The van der Waals surface area contributed by atoms with Gasteiger partial charge in [-0.15, -0.1) is 0 Å². The Bertz CT molecular complexity index is 633. The van der Waals surface area contributed by atoms with Crippen LogP contribution < -0.4 is 5.32 Å². The van der Waals surface area contributed by atoms with Crippen molar-refractivity contribution in [2.75, 3.05) is 6.54 Å². The minimum atomic E-state index is 0.229. The Kier molecular flexibility index (Phi) is 6.94. The summed E-state index contributed by atoms with van der Waals surface area (Å²) < 4.78 is 0. The third kappa shape index (κ3) is 4.71. The molecule has 3 unspecified atom stereocenters. The van der Waals surface area contributed by atoms with E-state index in [0.717, 1.165) is 50.5 Å². The van der Waals surface area contributed by atoms with Crippen LogP contribution >= 0.6 is 0 Å². The number of fused-ring (bicyclic) bond motifs is 3. The third-order valence-corrected chi connectivity index (χ3v) is 12.4. The van der Waals surface area contributed by atoms with Crippen molar-refractivity contribution in [3.05, 3.63) is 11.6 Å². The monoisotopic (exact) mass is 478 g/mol. The summed E-state index contributed by atoms with van der Waals surface area (Å²) in [6, 6.07) is 0.518. The molecule has 3 atom stereocenters. The molecule has 0 spiro atoms. The predicted octanol–water partition coefficient (Wildman–Crippen LogP) is 5.56. The van der Waals surface area contributed by atoms with Gasteiger partial charge in [0.1, 0.15) is 0 Å². The fraction of sp³-hybridized carbons (Fsp3) is 0.885. The first-order valence-corrected chi connectivity index (χ1v) is 15.3. The summed E-state index contributed by atoms with van der Waals surface area (Å²) in [7, 11) is 0. The molecule has 1 N–H and O–H groups in total. The molecular formula is C26H42N2OSe. The van der Waals surface area contributed by atoms with Crippen molar-refractivity contribution in [2.45, 2.75) is 113 Å². The van der Waals surface area contributed by atoms with Gasteiger partial charge < -0.3 is 0 Å². The first-order chi connectivity index (χ1) is 14.7. The Morgan fingerprint density at radius 2 is 1.77 bits per heavy atom. The van der Waals surface area contributed by atoms with Crippen LogP contribution in [0.3, 0.4) is 0 Å². The van der Waals surface area contributed by atoms with Gasteiger partial charge in [-0.2, -0.15) is 0 Å². The maximum atomic E-state index is 12.7. The van der Waals surface area contributed by atoms with Gasteiger partial charge in [0.15, 0.2) is 0 Å². The molecule has 0 bridgehead atoms. The molecule has 2 aliphatic heterocycles. The van der Waals surface area contributed by atoms with E-state index in [4.69, 9.17) is 0 Å². The van der Waals surface area contributed by atoms with Gasteiger partial charge >= 0.3 is 190 Å². The van der Waals surface area contributed by atoms with Gasteiger partial charge in [0.05, 0.1) is 0 Å². The van der Waals surface area contributed by atoms with Crippen molar-refractivity contribution in [1.29, 1.82) is 0 Å². The van der Waals surface area contributed by atoms with Gasteiger partial charge in [0, 0.05) is 0 Å². The molecule has 0 aromatic rings. The number of allylic oxidation sites excluding steroid dienone is 1. The number of hydrogen-bond donors (Lipinski definition) is 1. The molecule has 3 saturated carbocycles. The van der Waals surface area contributed by atoms with Crippen LogP contribution in [-0.4, -0.2) is 44.5 Å². The van der Waals surface area contributed by atoms with E-state index >= 15 is 0 Å². The molecule has 2 saturated heterocycles. The molecule has 0 radical (unpaired) electrons. The fourth-order valence-corrected chi connectivity index (χ4v) is 10.1. The Balaban J connectivity index is 1.11. The number of carbonyl (C=O) groups is 1. The second kappa shape index (κ2) is 9.67. The van der Waals surface area contributed by atoms with E-state index in [0.29, 0.717) is 11.9 Å². The standard InChI is InChI=1S/C26H42N2OSe/c1-18-6-8-20(9-7-18)17-30-22-12-10-19(11-13-22)16-21-14-15-28-24-5-3-2-4-23(24)26(29)27-25(21)28/h16,18-20,22-25H,2-15,17H2,1H3,(H,27,29)/b21-16-. The molecule has 168 valence electrons. The molecule has 3 aliphatic carbocycles. The zero-order valence-electron chi connectivity index (χ0n) is 19.0. The number of rotatable bonds is 4. The van der Waals surface area contributed by atoms with E-state index in [1.165, 1.54) is 82.6 Å². The van der Waals surface area contributed by atoms with E-state index in [2.05, 4.69) is 23.2 Å². The van der Waals surface area contributed by atoms with Crippen molar-refractivity contribution in [3.63, 3.8) is 0 Å². The van der Waals surface area contributed by atoms with Gasteiger partial charge in [-0.05, 0) is 0 Å². The fourth-order valence-electron chi connectivity index (χ4n) is 6.99. The van der Waals surface area contributed by atoms with Gasteiger partial charge in [-0.25, -0.2) is 0 Å². The third-order valence-electron chi connectivity index (χ3n) is 8.98. The number of carbonyl (C=O) groups excluding carboxylic acids is 1. The Hall–Kier alpha value is -0.311. The second-order valence-electron chi connectivity index (χ2n) is 11.1. The minimum absolute atomic E-state index is 0.229. The van der Waals surface area contributed by atoms with Gasteiger partial charge in [-0.3, -0.25) is 0 Å². The van der Waals surface area contributed by atoms with Crippen molar-refractivity contribution in [3.8, 4) is 0 Å². The summed E-state index contributed by atoms with van der Waals surface area (Å²) in [6.45, 7) is 3.60. The zero-order valence-corrected chi connectivity index (χ0v) is 20.7. The van der Waals surface area contributed by atoms with E-state index in [1.54, 1.807) is 5.32 Å². The summed E-state index contributed by atoms with van der Waals surface area (Å²) in [5.41, 5.74) is 1.54. The van der Waals surface area contributed by atoms with E-state index in [1.807, 2.05) is 0 Å². The van der Waals surface area contributed by atoms with Gasteiger partial charge in [0.25, 0.3) is 0 Å². The van der Waals surface area contributed by atoms with Crippen LogP contribution in [0.25, 0.3) is 0 Å². The average Bonchev–Trinajstić information content (AvgIpc) is 3.17. The van der Waals surface area contributed by atoms with Gasteiger partial charge in [0.2, 0.25) is 0 Å². The molecular weight excluding hydrogens is 435 g/mol. The number of amides is 1. The summed E-state index contributed by atoms with van der Waals surface area (Å²) in [5.74, 6) is 3.42. The topological polar surface area (TPSA) is 32.3 Å². The molecule has 5 rings (SSSR count). The summed E-state index contributed by atoms with van der Waals surface area (Å²) >= 11 is 0.876. The van der Waals surface area contributed by atoms with Crippen LogP contribution in [0.15, 0.2) is 11.6 Å². The van der Waals surface area contributed by atoms with E-state index < -0.39 is 0 Å². The SMILES string of the molecule is CC1CCC(C[Se]C2CCC(/C=C3/CCN4C3NC(=O)C3CCCCC34)CC2)CC1.